The molecule has 0 unspecified atom stereocenters. The minimum absolute atomic E-state index is 0.0289. The molecule has 116 valence electrons. The quantitative estimate of drug-likeness (QED) is 0.847. The average Bonchev–Trinajstić information content (AvgIpc) is 2.48. The first kappa shape index (κ1) is 15.8. The number of nitrogens with one attached hydrogen (secondary N) is 2. The Kier molecular flexibility index (Phi) is 5.99. The van der Waals surface area contributed by atoms with Crippen molar-refractivity contribution in [1.29, 1.82) is 0 Å². The van der Waals surface area contributed by atoms with Crippen LogP contribution in [0.3, 0.4) is 0 Å². The highest BCUT2D eigenvalue weighted by Crippen LogP contribution is 2.20. The number of carbonyl (C=O) groups excluding carboxylic acids is 1. The highest BCUT2D eigenvalue weighted by Gasteiger charge is 2.16. The van der Waals surface area contributed by atoms with Gasteiger partial charge in [-0.05, 0) is 38.1 Å². The van der Waals surface area contributed by atoms with Crippen LogP contribution in [0.2, 0.25) is 0 Å². The van der Waals surface area contributed by atoms with Gasteiger partial charge in [-0.3, -0.25) is 4.79 Å². The van der Waals surface area contributed by atoms with E-state index < -0.39 is 0 Å². The molecule has 0 atom stereocenters. The summed E-state index contributed by atoms with van der Waals surface area (Å²) in [5, 5.41) is 5.96. The molecule has 2 N–H and O–H groups in total. The van der Waals surface area contributed by atoms with E-state index in [-0.39, 0.29) is 24.4 Å². The Hall–Kier alpha value is -1.62. The maximum Gasteiger partial charge on any atom is 0.258 e. The van der Waals surface area contributed by atoms with Crippen molar-refractivity contribution in [3.63, 3.8) is 0 Å². The van der Waals surface area contributed by atoms with Crippen molar-refractivity contribution >= 4 is 5.91 Å². The first-order valence-electron chi connectivity index (χ1n) is 7.54. The number of ether oxygens (including phenoxy) is 1. The van der Waals surface area contributed by atoms with Crippen molar-refractivity contribution in [3.05, 3.63) is 29.6 Å². The van der Waals surface area contributed by atoms with Gasteiger partial charge in [-0.15, -0.1) is 0 Å². The van der Waals surface area contributed by atoms with Crippen LogP contribution in [0.25, 0.3) is 0 Å². The van der Waals surface area contributed by atoms with E-state index in [1.165, 1.54) is 31.4 Å². The van der Waals surface area contributed by atoms with Gasteiger partial charge in [0.1, 0.15) is 11.6 Å². The largest absolute Gasteiger partial charge is 0.483 e. The van der Waals surface area contributed by atoms with Gasteiger partial charge in [0.2, 0.25) is 0 Å². The summed E-state index contributed by atoms with van der Waals surface area (Å²) in [4.78, 5) is 11.9. The van der Waals surface area contributed by atoms with Crippen LogP contribution in [0.15, 0.2) is 18.2 Å². The molecule has 1 aromatic carbocycles. The molecule has 5 heteroatoms. The Morgan fingerprint density at radius 3 is 2.81 bits per heavy atom. The van der Waals surface area contributed by atoms with Gasteiger partial charge in [0, 0.05) is 18.2 Å². The third-order valence-corrected chi connectivity index (χ3v) is 3.72. The van der Waals surface area contributed by atoms with Crippen molar-refractivity contribution < 1.29 is 13.9 Å². The van der Waals surface area contributed by atoms with Crippen LogP contribution >= 0.6 is 0 Å². The molecule has 0 bridgehead atoms. The smallest absolute Gasteiger partial charge is 0.258 e. The number of hydrogen-bond acceptors (Lipinski definition) is 3. The number of rotatable bonds is 6. The molecule has 21 heavy (non-hydrogen) atoms. The molecular weight excluding hydrogens is 271 g/mol. The van der Waals surface area contributed by atoms with E-state index in [2.05, 4.69) is 10.6 Å². The Bertz CT molecular complexity index is 473. The topological polar surface area (TPSA) is 50.4 Å². The zero-order valence-electron chi connectivity index (χ0n) is 12.5. The minimum atomic E-state index is -0.306. The van der Waals surface area contributed by atoms with E-state index in [0.29, 0.717) is 17.9 Å². The maximum atomic E-state index is 13.2. The van der Waals surface area contributed by atoms with Crippen molar-refractivity contribution in [2.24, 2.45) is 0 Å². The van der Waals surface area contributed by atoms with Gasteiger partial charge in [0.05, 0.1) is 0 Å². The fourth-order valence-corrected chi connectivity index (χ4v) is 2.68. The van der Waals surface area contributed by atoms with Crippen LogP contribution in [0, 0.1) is 5.82 Å². The van der Waals surface area contributed by atoms with Crippen molar-refractivity contribution in [2.75, 3.05) is 13.7 Å². The van der Waals surface area contributed by atoms with Crippen LogP contribution in [-0.2, 0) is 11.3 Å². The lowest BCUT2D eigenvalue weighted by molar-refractivity contribution is -0.124. The van der Waals surface area contributed by atoms with E-state index in [1.54, 1.807) is 13.1 Å². The molecule has 0 radical (unpaired) electrons. The SMILES string of the molecule is CNCc1cc(F)ccc1OCC(=O)NC1CCCCC1. The lowest BCUT2D eigenvalue weighted by Gasteiger charge is -2.22. The number of hydrogen-bond donors (Lipinski definition) is 2. The number of benzene rings is 1. The highest BCUT2D eigenvalue weighted by molar-refractivity contribution is 5.77. The average molecular weight is 294 g/mol. The molecule has 1 amide bonds. The first-order chi connectivity index (χ1) is 10.2. The van der Waals surface area contributed by atoms with E-state index >= 15 is 0 Å². The minimum Gasteiger partial charge on any atom is -0.483 e. The summed E-state index contributed by atoms with van der Waals surface area (Å²) in [5.41, 5.74) is 0.711. The molecule has 1 fully saturated rings. The Morgan fingerprint density at radius 2 is 2.10 bits per heavy atom. The second-order valence-corrected chi connectivity index (χ2v) is 5.47. The monoisotopic (exact) mass is 294 g/mol. The van der Waals surface area contributed by atoms with Crippen LogP contribution in [0.4, 0.5) is 4.39 Å². The molecule has 1 saturated carbocycles. The van der Waals surface area contributed by atoms with Gasteiger partial charge >= 0.3 is 0 Å². The van der Waals surface area contributed by atoms with Crippen LogP contribution in [0.1, 0.15) is 37.7 Å². The summed E-state index contributed by atoms with van der Waals surface area (Å²) in [7, 11) is 1.78. The molecule has 0 saturated heterocycles. The lowest BCUT2D eigenvalue weighted by Crippen LogP contribution is -2.39. The third-order valence-electron chi connectivity index (χ3n) is 3.72. The van der Waals surface area contributed by atoms with Gasteiger partial charge in [-0.25, -0.2) is 4.39 Å². The first-order valence-corrected chi connectivity index (χ1v) is 7.54. The molecule has 1 aromatic rings. The van der Waals surface area contributed by atoms with Gasteiger partial charge in [0.25, 0.3) is 5.91 Å². The zero-order valence-corrected chi connectivity index (χ0v) is 12.5. The van der Waals surface area contributed by atoms with Gasteiger partial charge in [-0.2, -0.15) is 0 Å². The third kappa shape index (κ3) is 5.01. The van der Waals surface area contributed by atoms with Gasteiger partial charge < -0.3 is 15.4 Å². The normalized spacial score (nSPS) is 15.7. The van der Waals surface area contributed by atoms with E-state index in [4.69, 9.17) is 4.74 Å². The fourth-order valence-electron chi connectivity index (χ4n) is 2.68. The highest BCUT2D eigenvalue weighted by atomic mass is 19.1. The summed E-state index contributed by atoms with van der Waals surface area (Å²) in [5.74, 6) is 0.130. The van der Waals surface area contributed by atoms with Crippen molar-refractivity contribution in [3.8, 4) is 5.75 Å². The second kappa shape index (κ2) is 7.98. The standard InChI is InChI=1S/C16H23FN2O2/c1-18-10-12-9-13(17)7-8-15(12)21-11-16(20)19-14-5-3-2-4-6-14/h7-9,14,18H,2-6,10-11H2,1H3,(H,19,20). The molecule has 0 heterocycles. The summed E-state index contributed by atoms with van der Waals surface area (Å²) in [6.07, 6.45) is 5.71. The second-order valence-electron chi connectivity index (χ2n) is 5.47. The number of amides is 1. The molecule has 0 aromatic heterocycles. The zero-order chi connectivity index (χ0) is 15.1. The molecular formula is C16H23FN2O2. The summed E-state index contributed by atoms with van der Waals surface area (Å²) >= 11 is 0. The summed E-state index contributed by atoms with van der Waals surface area (Å²) < 4.78 is 18.7. The maximum absolute atomic E-state index is 13.2. The molecule has 1 aliphatic rings. The Morgan fingerprint density at radius 1 is 1.33 bits per heavy atom. The van der Waals surface area contributed by atoms with Crippen LogP contribution in [-0.4, -0.2) is 25.6 Å². The van der Waals surface area contributed by atoms with E-state index in [0.717, 1.165) is 12.8 Å². The van der Waals surface area contributed by atoms with E-state index in [1.807, 2.05) is 0 Å². The predicted molar refractivity (Wildman–Crippen MR) is 79.7 cm³/mol. The molecule has 2 rings (SSSR count). The van der Waals surface area contributed by atoms with E-state index in [9.17, 15) is 9.18 Å². The molecule has 0 aliphatic heterocycles. The van der Waals surface area contributed by atoms with Crippen LogP contribution < -0.4 is 15.4 Å². The van der Waals surface area contributed by atoms with Crippen molar-refractivity contribution in [2.45, 2.75) is 44.7 Å². The van der Waals surface area contributed by atoms with Gasteiger partial charge in [-0.1, -0.05) is 19.3 Å². The predicted octanol–water partition coefficient (Wildman–Crippen LogP) is 2.37. The molecule has 4 nitrogen and oxygen atoms in total. The number of carbonyl (C=O) groups is 1. The Balaban J connectivity index is 1.85. The number of halogens is 1. The fraction of sp³-hybridized carbons (Fsp3) is 0.562. The van der Waals surface area contributed by atoms with Crippen molar-refractivity contribution in [1.82, 2.24) is 10.6 Å². The van der Waals surface area contributed by atoms with Gasteiger partial charge in [0.15, 0.2) is 6.61 Å². The Labute approximate surface area is 125 Å². The molecule has 0 spiro atoms. The molecule has 1 aliphatic carbocycles. The van der Waals surface area contributed by atoms with Crippen LogP contribution in [0.5, 0.6) is 5.75 Å². The lowest BCUT2D eigenvalue weighted by atomic mass is 9.95. The summed E-state index contributed by atoms with van der Waals surface area (Å²) in [6.45, 7) is 0.468. The summed E-state index contributed by atoms with van der Waals surface area (Å²) in [6, 6.07) is 4.61.